The largest absolute Gasteiger partial charge is 0.363 e. The molecule has 0 aliphatic carbocycles. The van der Waals surface area contributed by atoms with Crippen LogP contribution < -0.4 is 10.6 Å². The predicted octanol–water partition coefficient (Wildman–Crippen LogP) is 2.72. The molecule has 2 atom stereocenters. The molecule has 1 aromatic rings. The summed E-state index contributed by atoms with van der Waals surface area (Å²) in [5, 5.41) is 10.9. The fourth-order valence-electron chi connectivity index (χ4n) is 3.68. The minimum atomic E-state index is -1.14. The van der Waals surface area contributed by atoms with Crippen LogP contribution in [0.3, 0.4) is 0 Å². The zero-order chi connectivity index (χ0) is 15.1. The van der Waals surface area contributed by atoms with Crippen molar-refractivity contribution in [1.82, 2.24) is 0 Å². The van der Waals surface area contributed by atoms with Gasteiger partial charge in [-0.3, -0.25) is 10.1 Å². The molecule has 1 aromatic carbocycles. The fraction of sp³-hybridized carbons (Fsp3) is 0.571. The normalized spacial score (nSPS) is 28.5. The molecular weight excluding hydrogens is 280 g/mol. The minimum Gasteiger partial charge on any atom is -0.363 e. The summed E-state index contributed by atoms with van der Waals surface area (Å²) >= 11 is 0. The lowest BCUT2D eigenvalue weighted by Crippen LogP contribution is -2.55. The molecule has 5 nitrogen and oxygen atoms in total. The molecule has 0 radical (unpaired) electrons. The number of anilines is 1. The van der Waals surface area contributed by atoms with Crippen molar-refractivity contribution in [1.29, 1.82) is 0 Å². The van der Waals surface area contributed by atoms with E-state index in [1.807, 2.05) is 4.90 Å². The van der Waals surface area contributed by atoms with Gasteiger partial charge in [0, 0.05) is 30.3 Å². The molecule has 2 bridgehead atoms. The first kappa shape index (κ1) is 14.2. The Morgan fingerprint density at radius 2 is 1.81 bits per heavy atom. The van der Waals surface area contributed by atoms with Crippen molar-refractivity contribution in [2.24, 2.45) is 5.73 Å². The van der Waals surface area contributed by atoms with E-state index in [0.29, 0.717) is 6.07 Å². The molecule has 3 rings (SSSR count). The van der Waals surface area contributed by atoms with Crippen LogP contribution in [0.2, 0.25) is 0 Å². The summed E-state index contributed by atoms with van der Waals surface area (Å²) in [4.78, 5) is 11.9. The van der Waals surface area contributed by atoms with Gasteiger partial charge in [0.1, 0.15) is 5.82 Å². The topological polar surface area (TPSA) is 72.4 Å². The SMILES string of the molecule is NC1CC2CCCC(C1)N2c1cc([N+](=O)[O-])c(F)cc1F. The molecule has 21 heavy (non-hydrogen) atoms. The lowest BCUT2D eigenvalue weighted by atomic mass is 9.81. The average Bonchev–Trinajstić information content (AvgIpc) is 2.38. The van der Waals surface area contributed by atoms with Crippen molar-refractivity contribution in [2.75, 3.05) is 4.90 Å². The maximum Gasteiger partial charge on any atom is 0.307 e. The Morgan fingerprint density at radius 3 is 2.38 bits per heavy atom. The Kier molecular flexibility index (Phi) is 3.52. The molecule has 2 N–H and O–H groups in total. The Hall–Kier alpha value is -1.76. The van der Waals surface area contributed by atoms with Crippen LogP contribution in [0.4, 0.5) is 20.2 Å². The summed E-state index contributed by atoms with van der Waals surface area (Å²) in [5.74, 6) is -1.88. The quantitative estimate of drug-likeness (QED) is 0.673. The Morgan fingerprint density at radius 1 is 1.19 bits per heavy atom. The van der Waals surface area contributed by atoms with E-state index in [1.165, 1.54) is 0 Å². The van der Waals surface area contributed by atoms with Crippen LogP contribution >= 0.6 is 0 Å². The van der Waals surface area contributed by atoms with Crippen LogP contribution in [0.1, 0.15) is 32.1 Å². The smallest absolute Gasteiger partial charge is 0.307 e. The fourth-order valence-corrected chi connectivity index (χ4v) is 3.68. The second-order valence-electron chi connectivity index (χ2n) is 5.89. The number of nitrogens with two attached hydrogens (primary N) is 1. The molecule has 0 amide bonds. The van der Waals surface area contributed by atoms with Gasteiger partial charge in [-0.2, -0.15) is 4.39 Å². The zero-order valence-electron chi connectivity index (χ0n) is 11.5. The zero-order valence-corrected chi connectivity index (χ0v) is 11.5. The van der Waals surface area contributed by atoms with Gasteiger partial charge in [-0.25, -0.2) is 4.39 Å². The van der Waals surface area contributed by atoms with Crippen LogP contribution in [0.25, 0.3) is 0 Å². The first-order chi connectivity index (χ1) is 9.97. The minimum absolute atomic E-state index is 0.0760. The third-order valence-electron chi connectivity index (χ3n) is 4.50. The van der Waals surface area contributed by atoms with Gasteiger partial charge in [0.15, 0.2) is 0 Å². The lowest BCUT2D eigenvalue weighted by molar-refractivity contribution is -0.387. The van der Waals surface area contributed by atoms with Crippen molar-refractivity contribution in [3.8, 4) is 0 Å². The number of hydrogen-bond acceptors (Lipinski definition) is 4. The predicted molar refractivity (Wildman–Crippen MR) is 74.1 cm³/mol. The maximum absolute atomic E-state index is 14.1. The molecule has 2 unspecified atom stereocenters. The van der Waals surface area contributed by atoms with E-state index in [0.717, 1.165) is 38.2 Å². The van der Waals surface area contributed by atoms with Crippen molar-refractivity contribution in [3.05, 3.63) is 33.9 Å². The number of nitrogens with zero attached hydrogens (tertiary/aromatic N) is 2. The van der Waals surface area contributed by atoms with Crippen molar-refractivity contribution in [2.45, 2.75) is 50.2 Å². The van der Waals surface area contributed by atoms with Gasteiger partial charge in [0.2, 0.25) is 5.82 Å². The number of rotatable bonds is 2. The molecule has 2 fully saturated rings. The van der Waals surface area contributed by atoms with E-state index in [9.17, 15) is 18.9 Å². The molecule has 2 heterocycles. The number of nitro benzene ring substituents is 1. The van der Waals surface area contributed by atoms with Gasteiger partial charge >= 0.3 is 5.69 Å². The van der Waals surface area contributed by atoms with E-state index < -0.39 is 22.2 Å². The molecule has 2 aliphatic heterocycles. The van der Waals surface area contributed by atoms with Crippen LogP contribution in [0, 0.1) is 21.7 Å². The summed E-state index contributed by atoms with van der Waals surface area (Å²) in [7, 11) is 0. The maximum atomic E-state index is 14.1. The van der Waals surface area contributed by atoms with Gasteiger partial charge in [0.25, 0.3) is 0 Å². The van der Waals surface area contributed by atoms with E-state index in [1.54, 1.807) is 0 Å². The molecular formula is C14H17F2N3O2. The van der Waals surface area contributed by atoms with Crippen LogP contribution in [-0.2, 0) is 0 Å². The summed E-state index contributed by atoms with van der Waals surface area (Å²) < 4.78 is 27.6. The molecule has 0 saturated carbocycles. The highest BCUT2D eigenvalue weighted by Crippen LogP contribution is 2.40. The standard InChI is InChI=1S/C14H17F2N3O2/c15-11-6-12(16)14(19(20)21)7-13(11)18-9-2-1-3-10(18)5-8(17)4-9/h6-10H,1-5,17H2. The van der Waals surface area contributed by atoms with E-state index in [2.05, 4.69) is 0 Å². The second kappa shape index (κ2) is 5.22. The first-order valence-electron chi connectivity index (χ1n) is 7.14. The highest BCUT2D eigenvalue weighted by molar-refractivity contribution is 5.57. The van der Waals surface area contributed by atoms with Gasteiger partial charge < -0.3 is 10.6 Å². The summed E-state index contributed by atoms with van der Waals surface area (Å²) in [6.07, 6.45) is 4.29. The molecule has 0 spiro atoms. The molecule has 0 aromatic heterocycles. The average molecular weight is 297 g/mol. The Bertz CT molecular complexity index is 568. The number of fused-ring (bicyclic) bond motifs is 2. The van der Waals surface area contributed by atoms with Crippen LogP contribution in [-0.4, -0.2) is 23.0 Å². The lowest BCUT2D eigenvalue weighted by Gasteiger charge is -2.49. The highest BCUT2D eigenvalue weighted by Gasteiger charge is 2.39. The third-order valence-corrected chi connectivity index (χ3v) is 4.50. The number of hydrogen-bond donors (Lipinski definition) is 1. The third kappa shape index (κ3) is 2.46. The van der Waals surface area contributed by atoms with Gasteiger partial charge in [-0.15, -0.1) is 0 Å². The second-order valence-corrected chi connectivity index (χ2v) is 5.89. The molecule has 2 saturated heterocycles. The van der Waals surface area contributed by atoms with E-state index in [4.69, 9.17) is 5.73 Å². The summed E-state index contributed by atoms with van der Waals surface area (Å²) in [6, 6.07) is 1.86. The summed E-state index contributed by atoms with van der Waals surface area (Å²) in [5.41, 5.74) is 5.47. The number of nitro groups is 1. The number of halogens is 2. The Balaban J connectivity index is 2.03. The van der Waals surface area contributed by atoms with Crippen LogP contribution in [0.5, 0.6) is 0 Å². The van der Waals surface area contributed by atoms with Crippen molar-refractivity contribution in [3.63, 3.8) is 0 Å². The van der Waals surface area contributed by atoms with E-state index in [-0.39, 0.29) is 23.8 Å². The number of benzene rings is 1. The summed E-state index contributed by atoms with van der Waals surface area (Å²) in [6.45, 7) is 0. The van der Waals surface area contributed by atoms with Crippen LogP contribution in [0.15, 0.2) is 12.1 Å². The first-order valence-corrected chi connectivity index (χ1v) is 7.14. The monoisotopic (exact) mass is 297 g/mol. The van der Waals surface area contributed by atoms with Crippen molar-refractivity contribution >= 4 is 11.4 Å². The van der Waals surface area contributed by atoms with E-state index >= 15 is 0 Å². The van der Waals surface area contributed by atoms with Gasteiger partial charge in [0.05, 0.1) is 10.6 Å². The molecule has 114 valence electrons. The Labute approximate surface area is 120 Å². The molecule has 2 aliphatic rings. The van der Waals surface area contributed by atoms with Crippen molar-refractivity contribution < 1.29 is 13.7 Å². The highest BCUT2D eigenvalue weighted by atomic mass is 19.1. The molecule has 7 heteroatoms. The van der Waals surface area contributed by atoms with Gasteiger partial charge in [-0.05, 0) is 32.1 Å². The number of piperidine rings is 2. The van der Waals surface area contributed by atoms with Gasteiger partial charge in [-0.1, -0.05) is 0 Å².